The number of carbonyl (C=O) groups is 2. The summed E-state index contributed by atoms with van der Waals surface area (Å²) in [6.45, 7) is 8.59. The summed E-state index contributed by atoms with van der Waals surface area (Å²) in [6, 6.07) is 4.15. The normalized spacial score (nSPS) is 17.0. The quantitative estimate of drug-likeness (QED) is 0.918. The summed E-state index contributed by atoms with van der Waals surface area (Å²) in [4.78, 5) is 29.0. The van der Waals surface area contributed by atoms with Gasteiger partial charge < -0.3 is 15.1 Å². The Balaban J connectivity index is 1.97. The van der Waals surface area contributed by atoms with E-state index in [2.05, 4.69) is 25.2 Å². The van der Waals surface area contributed by atoms with Gasteiger partial charge in [0.2, 0.25) is 5.91 Å². The van der Waals surface area contributed by atoms with E-state index in [4.69, 9.17) is 0 Å². The first-order valence-electron chi connectivity index (χ1n) is 8.31. The van der Waals surface area contributed by atoms with Gasteiger partial charge >= 0.3 is 6.03 Å². The second-order valence-electron chi connectivity index (χ2n) is 6.49. The molecule has 128 valence electrons. The molecule has 0 aromatic carbocycles. The Hall–Kier alpha value is -1.56. The highest BCUT2D eigenvalue weighted by Crippen LogP contribution is 2.25. The lowest BCUT2D eigenvalue weighted by atomic mass is 10.0. The molecule has 2 rings (SSSR count). The van der Waals surface area contributed by atoms with Crippen LogP contribution in [0.5, 0.6) is 0 Å². The molecule has 1 aliphatic heterocycles. The van der Waals surface area contributed by atoms with Gasteiger partial charge in [0.05, 0.1) is 6.04 Å². The van der Waals surface area contributed by atoms with Crippen molar-refractivity contribution in [3.63, 3.8) is 0 Å². The van der Waals surface area contributed by atoms with Crippen molar-refractivity contribution in [3.8, 4) is 0 Å². The van der Waals surface area contributed by atoms with Gasteiger partial charge in [0.1, 0.15) is 0 Å². The molecule has 1 saturated heterocycles. The Kier molecular flexibility index (Phi) is 6.45. The summed E-state index contributed by atoms with van der Waals surface area (Å²) in [7, 11) is 0. The summed E-state index contributed by atoms with van der Waals surface area (Å²) >= 11 is 1.68. The van der Waals surface area contributed by atoms with Crippen LogP contribution < -0.4 is 5.32 Å². The lowest BCUT2D eigenvalue weighted by molar-refractivity contribution is -0.128. The van der Waals surface area contributed by atoms with E-state index in [9.17, 15) is 9.59 Å². The van der Waals surface area contributed by atoms with E-state index in [0.717, 1.165) is 19.4 Å². The third-order valence-electron chi connectivity index (χ3n) is 4.12. The zero-order valence-electron chi connectivity index (χ0n) is 14.2. The molecule has 0 saturated carbocycles. The number of nitrogens with one attached hydrogen (secondary N) is 1. The van der Waals surface area contributed by atoms with Gasteiger partial charge in [0.15, 0.2) is 0 Å². The Bertz CT molecular complexity index is 516. The number of carbonyl (C=O) groups excluding carboxylic acids is 2. The largest absolute Gasteiger partial charge is 0.341 e. The molecule has 1 fully saturated rings. The maximum atomic E-state index is 12.6. The monoisotopic (exact) mass is 337 g/mol. The van der Waals surface area contributed by atoms with Gasteiger partial charge in [-0.05, 0) is 30.2 Å². The number of amides is 3. The van der Waals surface area contributed by atoms with Crippen molar-refractivity contribution in [2.24, 2.45) is 5.92 Å². The van der Waals surface area contributed by atoms with Crippen LogP contribution in [-0.2, 0) is 4.79 Å². The molecular weight excluding hydrogens is 310 g/mol. The van der Waals surface area contributed by atoms with Crippen molar-refractivity contribution in [1.29, 1.82) is 0 Å². The van der Waals surface area contributed by atoms with Crippen LogP contribution in [0.4, 0.5) is 4.79 Å². The van der Waals surface area contributed by atoms with Gasteiger partial charge in [-0.15, -0.1) is 11.3 Å². The van der Waals surface area contributed by atoms with Crippen molar-refractivity contribution < 1.29 is 9.59 Å². The topological polar surface area (TPSA) is 52.7 Å². The van der Waals surface area contributed by atoms with Crippen LogP contribution in [0.1, 0.15) is 44.5 Å². The summed E-state index contributed by atoms with van der Waals surface area (Å²) in [6.07, 6.45) is 1.76. The van der Waals surface area contributed by atoms with Crippen LogP contribution in [0, 0.1) is 5.92 Å². The van der Waals surface area contributed by atoms with Gasteiger partial charge in [-0.2, -0.15) is 0 Å². The molecule has 1 aliphatic rings. The Labute approximate surface area is 142 Å². The smallest absolute Gasteiger partial charge is 0.317 e. The standard InChI is InChI=1S/C17H27N3O2S/c1-13(2)12-15(16-6-4-11-23-16)18-17(22)20-8-5-7-19(9-10-20)14(3)21/h4,6,11,13,15H,5,7-10,12H2,1-3H3,(H,18,22). The number of nitrogens with zero attached hydrogens (tertiary/aromatic N) is 2. The lowest BCUT2D eigenvalue weighted by Gasteiger charge is -2.26. The van der Waals surface area contributed by atoms with Crippen molar-refractivity contribution >= 4 is 23.3 Å². The fourth-order valence-electron chi connectivity index (χ4n) is 2.88. The highest BCUT2D eigenvalue weighted by molar-refractivity contribution is 7.10. The van der Waals surface area contributed by atoms with Crippen molar-refractivity contribution in [2.45, 2.75) is 39.7 Å². The molecule has 0 spiro atoms. The zero-order chi connectivity index (χ0) is 16.8. The molecule has 3 amide bonds. The molecule has 1 aromatic rings. The summed E-state index contributed by atoms with van der Waals surface area (Å²) < 4.78 is 0. The van der Waals surface area contributed by atoms with Crippen LogP contribution in [0.3, 0.4) is 0 Å². The highest BCUT2D eigenvalue weighted by Gasteiger charge is 2.23. The van der Waals surface area contributed by atoms with E-state index < -0.39 is 0 Å². The van der Waals surface area contributed by atoms with Crippen molar-refractivity contribution in [2.75, 3.05) is 26.2 Å². The Morgan fingerprint density at radius 1 is 1.22 bits per heavy atom. The summed E-state index contributed by atoms with van der Waals surface area (Å²) in [5.41, 5.74) is 0. The van der Waals surface area contributed by atoms with Gasteiger partial charge in [0.25, 0.3) is 0 Å². The number of urea groups is 1. The van der Waals surface area contributed by atoms with Gasteiger partial charge in [0, 0.05) is 38.0 Å². The minimum Gasteiger partial charge on any atom is -0.341 e. The fraction of sp³-hybridized carbons (Fsp3) is 0.647. The van der Waals surface area contributed by atoms with Crippen LogP contribution in [0.2, 0.25) is 0 Å². The molecule has 5 nitrogen and oxygen atoms in total. The molecule has 1 unspecified atom stereocenters. The molecule has 0 bridgehead atoms. The minimum atomic E-state index is -0.0190. The van der Waals surface area contributed by atoms with Crippen LogP contribution in [-0.4, -0.2) is 47.9 Å². The van der Waals surface area contributed by atoms with E-state index in [1.54, 1.807) is 18.3 Å². The molecule has 0 radical (unpaired) electrons. The van der Waals surface area contributed by atoms with Gasteiger partial charge in [-0.25, -0.2) is 4.79 Å². The van der Waals surface area contributed by atoms with Crippen LogP contribution in [0.15, 0.2) is 17.5 Å². The number of rotatable bonds is 4. The first-order valence-corrected chi connectivity index (χ1v) is 9.19. The maximum Gasteiger partial charge on any atom is 0.317 e. The van der Waals surface area contributed by atoms with Gasteiger partial charge in [-0.3, -0.25) is 4.79 Å². The SMILES string of the molecule is CC(=O)N1CCCN(C(=O)NC(CC(C)C)c2cccs2)CC1. The highest BCUT2D eigenvalue weighted by atomic mass is 32.1. The maximum absolute atomic E-state index is 12.6. The van der Waals surface area contributed by atoms with Crippen molar-refractivity contribution in [1.82, 2.24) is 15.1 Å². The average molecular weight is 337 g/mol. The number of hydrogen-bond donors (Lipinski definition) is 1. The Morgan fingerprint density at radius 3 is 2.52 bits per heavy atom. The number of hydrogen-bond acceptors (Lipinski definition) is 3. The summed E-state index contributed by atoms with van der Waals surface area (Å²) in [5.74, 6) is 0.600. The van der Waals surface area contributed by atoms with Crippen LogP contribution in [0.25, 0.3) is 0 Å². The molecule has 2 heterocycles. The molecule has 1 atom stereocenters. The van der Waals surface area contributed by atoms with E-state index in [1.807, 2.05) is 21.2 Å². The molecule has 6 heteroatoms. The third-order valence-corrected chi connectivity index (χ3v) is 5.11. The fourth-order valence-corrected chi connectivity index (χ4v) is 3.67. The second kappa shape index (κ2) is 8.34. The van der Waals surface area contributed by atoms with E-state index in [0.29, 0.717) is 25.6 Å². The molecule has 0 aliphatic carbocycles. The first-order chi connectivity index (χ1) is 11.0. The second-order valence-corrected chi connectivity index (χ2v) is 7.47. The summed E-state index contributed by atoms with van der Waals surface area (Å²) in [5, 5.41) is 5.23. The minimum absolute atomic E-state index is 0.0190. The van der Waals surface area contributed by atoms with E-state index >= 15 is 0 Å². The lowest BCUT2D eigenvalue weighted by Crippen LogP contribution is -2.43. The number of thiophene rings is 1. The van der Waals surface area contributed by atoms with Crippen LogP contribution >= 0.6 is 11.3 Å². The average Bonchev–Trinajstić information content (AvgIpc) is 2.89. The van der Waals surface area contributed by atoms with Crippen molar-refractivity contribution in [3.05, 3.63) is 22.4 Å². The zero-order valence-corrected chi connectivity index (χ0v) is 15.1. The third kappa shape index (κ3) is 5.23. The molecule has 1 N–H and O–H groups in total. The van der Waals surface area contributed by atoms with Gasteiger partial charge in [-0.1, -0.05) is 19.9 Å². The molecule has 23 heavy (non-hydrogen) atoms. The Morgan fingerprint density at radius 2 is 1.91 bits per heavy atom. The first kappa shape index (κ1) is 17.8. The van der Waals surface area contributed by atoms with E-state index in [-0.39, 0.29) is 18.0 Å². The predicted octanol–water partition coefficient (Wildman–Crippen LogP) is 3.10. The molecular formula is C17H27N3O2S. The van der Waals surface area contributed by atoms with E-state index in [1.165, 1.54) is 4.88 Å². The predicted molar refractivity (Wildman–Crippen MR) is 93.5 cm³/mol. The molecule has 1 aromatic heterocycles.